The Morgan fingerprint density at radius 1 is 1.14 bits per heavy atom. The predicted molar refractivity (Wildman–Crippen MR) is 135 cm³/mol. The number of nitrogens with zero attached hydrogens (tertiary/aromatic N) is 4. The standard InChI is InChI=1S/C26H30FN7O2/c27-20-16-31-25(34(29)14-10-28)23-22(20)19(15-30-23)24(35)26(36)32-12-8-18(9-13-32)33-11-4-7-21(33)17-5-2-1-3-6-17/h1-3,5-6,10,14-16,18,21,30H,4,7-9,11-13,28-29H2/b14-10-. The third kappa shape index (κ3) is 4.33. The van der Waals surface area contributed by atoms with Crippen molar-refractivity contribution in [3.05, 3.63) is 72.1 Å². The Morgan fingerprint density at radius 3 is 2.61 bits per heavy atom. The fraction of sp³-hybridized carbons (Fsp3) is 0.346. The lowest BCUT2D eigenvalue weighted by Crippen LogP contribution is -2.48. The maximum atomic E-state index is 14.7. The Morgan fingerprint density at radius 2 is 1.89 bits per heavy atom. The highest BCUT2D eigenvalue weighted by Crippen LogP contribution is 2.36. The van der Waals surface area contributed by atoms with Crippen LogP contribution in [0.1, 0.15) is 47.6 Å². The van der Waals surface area contributed by atoms with E-state index in [0.29, 0.717) is 25.2 Å². The van der Waals surface area contributed by atoms with Gasteiger partial charge in [0, 0.05) is 43.8 Å². The number of Topliss-reactive ketones (excluding diaryl/α,β-unsaturated/α-hetero) is 1. The summed E-state index contributed by atoms with van der Waals surface area (Å²) in [5.74, 6) is 3.98. The van der Waals surface area contributed by atoms with Crippen molar-refractivity contribution in [2.75, 3.05) is 24.6 Å². The molecule has 2 aliphatic rings. The first kappa shape index (κ1) is 24.0. The molecule has 2 aromatic heterocycles. The molecule has 4 heterocycles. The number of likely N-dealkylation sites (tertiary alicyclic amines) is 2. The number of nitrogens with two attached hydrogens (primary N) is 2. The van der Waals surface area contributed by atoms with Gasteiger partial charge < -0.3 is 15.6 Å². The summed E-state index contributed by atoms with van der Waals surface area (Å²) in [4.78, 5) is 37.3. The highest BCUT2D eigenvalue weighted by atomic mass is 19.1. The number of nitrogens with one attached hydrogen (secondary N) is 1. The number of fused-ring (bicyclic) bond motifs is 1. The van der Waals surface area contributed by atoms with Crippen molar-refractivity contribution in [2.24, 2.45) is 11.6 Å². The molecule has 10 heteroatoms. The number of ketones is 1. The van der Waals surface area contributed by atoms with Crippen LogP contribution in [0.2, 0.25) is 0 Å². The minimum Gasteiger partial charge on any atom is -0.403 e. The van der Waals surface area contributed by atoms with E-state index in [1.54, 1.807) is 4.90 Å². The maximum absolute atomic E-state index is 14.7. The predicted octanol–water partition coefficient (Wildman–Crippen LogP) is 2.82. The van der Waals surface area contributed by atoms with Gasteiger partial charge in [0.1, 0.15) is 0 Å². The summed E-state index contributed by atoms with van der Waals surface area (Å²) < 4.78 is 14.7. The van der Waals surface area contributed by atoms with E-state index in [1.807, 2.05) is 6.07 Å². The van der Waals surface area contributed by atoms with Gasteiger partial charge in [-0.2, -0.15) is 0 Å². The molecule has 36 heavy (non-hydrogen) atoms. The van der Waals surface area contributed by atoms with Gasteiger partial charge in [-0.3, -0.25) is 19.5 Å². The molecule has 1 aromatic carbocycles. The number of anilines is 1. The number of carbonyl (C=O) groups is 2. The van der Waals surface area contributed by atoms with Gasteiger partial charge in [0.25, 0.3) is 11.7 Å². The van der Waals surface area contributed by atoms with Crippen LogP contribution in [-0.2, 0) is 4.79 Å². The normalized spacial score (nSPS) is 19.4. The Balaban J connectivity index is 1.29. The molecule has 3 aromatic rings. The number of aromatic nitrogens is 2. The van der Waals surface area contributed by atoms with E-state index < -0.39 is 17.5 Å². The number of pyridine rings is 1. The average molecular weight is 492 g/mol. The van der Waals surface area contributed by atoms with Crippen LogP contribution in [0, 0.1) is 5.82 Å². The van der Waals surface area contributed by atoms with Crippen molar-refractivity contribution in [3.63, 3.8) is 0 Å². The highest BCUT2D eigenvalue weighted by molar-refractivity contribution is 6.45. The van der Waals surface area contributed by atoms with Crippen LogP contribution >= 0.6 is 0 Å². The largest absolute Gasteiger partial charge is 0.403 e. The summed E-state index contributed by atoms with van der Waals surface area (Å²) in [6.45, 7) is 2.02. The summed E-state index contributed by atoms with van der Waals surface area (Å²) in [6.07, 6.45) is 8.75. The van der Waals surface area contributed by atoms with E-state index in [-0.39, 0.29) is 22.3 Å². The van der Waals surface area contributed by atoms with Crippen molar-refractivity contribution in [2.45, 2.75) is 37.8 Å². The Hall–Kier alpha value is -3.76. The van der Waals surface area contributed by atoms with E-state index in [9.17, 15) is 14.0 Å². The highest BCUT2D eigenvalue weighted by Gasteiger charge is 2.36. The monoisotopic (exact) mass is 491 g/mol. The summed E-state index contributed by atoms with van der Waals surface area (Å²) >= 11 is 0. The van der Waals surface area contributed by atoms with Crippen LogP contribution < -0.4 is 16.6 Å². The second-order valence-corrected chi connectivity index (χ2v) is 9.29. The molecule has 0 spiro atoms. The molecule has 188 valence electrons. The number of hydrazine groups is 1. The molecule has 1 atom stereocenters. The van der Waals surface area contributed by atoms with Gasteiger partial charge in [0.15, 0.2) is 11.6 Å². The van der Waals surface area contributed by atoms with Crippen molar-refractivity contribution in [3.8, 4) is 0 Å². The molecule has 0 bridgehead atoms. The molecule has 0 saturated carbocycles. The quantitative estimate of drug-likeness (QED) is 0.210. The van der Waals surface area contributed by atoms with Gasteiger partial charge in [-0.25, -0.2) is 15.2 Å². The number of benzene rings is 1. The molecular weight excluding hydrogens is 461 g/mol. The third-order valence-electron chi connectivity index (χ3n) is 7.27. The molecule has 0 aliphatic carbocycles. The zero-order valence-corrected chi connectivity index (χ0v) is 19.9. The molecule has 2 aliphatic heterocycles. The topological polar surface area (TPSA) is 125 Å². The molecular formula is C26H30FN7O2. The molecule has 0 radical (unpaired) electrons. The fourth-order valence-electron chi connectivity index (χ4n) is 5.55. The van der Waals surface area contributed by atoms with E-state index in [2.05, 4.69) is 39.1 Å². The number of carbonyl (C=O) groups excluding carboxylic acids is 2. The molecule has 5 rings (SSSR count). The Labute approximate surface area is 208 Å². The Bertz CT molecular complexity index is 1280. The van der Waals surface area contributed by atoms with Crippen molar-refractivity contribution in [1.82, 2.24) is 19.8 Å². The smallest absolute Gasteiger partial charge is 0.295 e. The van der Waals surface area contributed by atoms with Crippen LogP contribution in [0.3, 0.4) is 0 Å². The van der Waals surface area contributed by atoms with Crippen molar-refractivity contribution < 1.29 is 14.0 Å². The number of H-pyrrole nitrogens is 1. The average Bonchev–Trinajstić information content (AvgIpc) is 3.57. The number of rotatable bonds is 6. The summed E-state index contributed by atoms with van der Waals surface area (Å²) in [6, 6.07) is 11.3. The van der Waals surface area contributed by atoms with E-state index >= 15 is 0 Å². The minimum absolute atomic E-state index is 0.0168. The van der Waals surface area contributed by atoms with Gasteiger partial charge in [0.2, 0.25) is 0 Å². The first-order valence-corrected chi connectivity index (χ1v) is 12.2. The van der Waals surface area contributed by atoms with Gasteiger partial charge in [-0.15, -0.1) is 0 Å². The van der Waals surface area contributed by atoms with Crippen LogP contribution in [-0.4, -0.2) is 57.1 Å². The lowest BCUT2D eigenvalue weighted by Gasteiger charge is -2.39. The third-order valence-corrected chi connectivity index (χ3v) is 7.27. The summed E-state index contributed by atoms with van der Waals surface area (Å²) in [5, 5.41) is 1.09. The van der Waals surface area contributed by atoms with Crippen LogP contribution in [0.25, 0.3) is 10.9 Å². The number of amides is 1. The lowest BCUT2D eigenvalue weighted by molar-refractivity contribution is -0.128. The molecule has 9 nitrogen and oxygen atoms in total. The second kappa shape index (κ2) is 10.1. The van der Waals surface area contributed by atoms with Crippen molar-refractivity contribution in [1.29, 1.82) is 0 Å². The van der Waals surface area contributed by atoms with Crippen LogP contribution in [0.5, 0.6) is 0 Å². The van der Waals surface area contributed by atoms with Gasteiger partial charge >= 0.3 is 0 Å². The van der Waals surface area contributed by atoms with E-state index in [0.717, 1.165) is 43.4 Å². The maximum Gasteiger partial charge on any atom is 0.295 e. The SMILES string of the molecule is N/C=C\N(N)c1ncc(F)c2c(C(=O)C(=O)N3CCC(N4CCCC4c4ccccc4)CC3)c[nH]c12. The summed E-state index contributed by atoms with van der Waals surface area (Å²) in [5.41, 5.74) is 6.89. The van der Waals surface area contributed by atoms with E-state index in [4.69, 9.17) is 11.6 Å². The molecule has 5 N–H and O–H groups in total. The number of hydrogen-bond acceptors (Lipinski definition) is 7. The second-order valence-electron chi connectivity index (χ2n) is 9.29. The molecule has 2 fully saturated rings. The zero-order valence-electron chi connectivity index (χ0n) is 19.9. The lowest BCUT2D eigenvalue weighted by atomic mass is 9.98. The Kier molecular flexibility index (Phi) is 6.71. The van der Waals surface area contributed by atoms with Gasteiger partial charge in [0.05, 0.1) is 22.7 Å². The number of aromatic amines is 1. The number of halogens is 1. The first-order valence-electron chi connectivity index (χ1n) is 12.2. The zero-order chi connectivity index (χ0) is 25.2. The van der Waals surface area contributed by atoms with Crippen molar-refractivity contribution >= 4 is 28.4 Å². The number of hydrogen-bond donors (Lipinski definition) is 3. The van der Waals surface area contributed by atoms with Crippen LogP contribution in [0.4, 0.5) is 10.2 Å². The molecule has 2 saturated heterocycles. The summed E-state index contributed by atoms with van der Waals surface area (Å²) in [7, 11) is 0. The minimum atomic E-state index is -0.753. The van der Waals surface area contributed by atoms with E-state index in [1.165, 1.54) is 24.2 Å². The van der Waals surface area contributed by atoms with Gasteiger partial charge in [-0.1, -0.05) is 30.3 Å². The van der Waals surface area contributed by atoms with Crippen LogP contribution in [0.15, 0.2) is 55.1 Å². The number of piperidine rings is 1. The molecule has 1 unspecified atom stereocenters. The fourth-order valence-corrected chi connectivity index (χ4v) is 5.55. The first-order chi connectivity index (χ1) is 17.5. The molecule has 1 amide bonds. The van der Waals surface area contributed by atoms with Gasteiger partial charge in [-0.05, 0) is 37.8 Å².